The van der Waals surface area contributed by atoms with E-state index in [-0.39, 0.29) is 17.3 Å². The lowest BCUT2D eigenvalue weighted by molar-refractivity contribution is -0.385. The fraction of sp³-hybridized carbons (Fsp3) is 0.455. The summed E-state index contributed by atoms with van der Waals surface area (Å²) in [5, 5.41) is 13.2. The second kappa shape index (κ2) is 5.93. The summed E-state index contributed by atoms with van der Waals surface area (Å²) in [7, 11) is 0. The largest absolute Gasteiger partial charge is 0.351 e. The van der Waals surface area contributed by atoms with Crippen LogP contribution in [0.15, 0.2) is 12.3 Å². The molecule has 0 unspecified atom stereocenters. The molecule has 6 nitrogen and oxygen atoms in total. The van der Waals surface area contributed by atoms with Gasteiger partial charge in [0, 0.05) is 12.6 Å². The zero-order valence-corrected chi connectivity index (χ0v) is 9.90. The van der Waals surface area contributed by atoms with Gasteiger partial charge in [0.2, 0.25) is 0 Å². The molecule has 0 atom stereocenters. The molecule has 17 heavy (non-hydrogen) atoms. The Labute approximate surface area is 99.2 Å². The third kappa shape index (κ3) is 3.51. The number of hydrogen-bond donors (Lipinski definition) is 1. The molecule has 0 aliphatic carbocycles. The number of unbranched alkanes of at least 4 members (excludes halogenated alkanes) is 1. The van der Waals surface area contributed by atoms with Gasteiger partial charge in [-0.05, 0) is 18.9 Å². The molecule has 1 rings (SSSR count). The Morgan fingerprint density at radius 2 is 2.29 bits per heavy atom. The van der Waals surface area contributed by atoms with Crippen molar-refractivity contribution < 1.29 is 9.72 Å². The molecule has 1 heterocycles. The molecule has 92 valence electrons. The Kier molecular flexibility index (Phi) is 4.56. The summed E-state index contributed by atoms with van der Waals surface area (Å²) in [5.41, 5.74) is 0.646. The topological polar surface area (TPSA) is 85.1 Å². The number of nitro groups is 1. The minimum absolute atomic E-state index is 0.104. The Morgan fingerprint density at radius 1 is 1.59 bits per heavy atom. The van der Waals surface area contributed by atoms with Gasteiger partial charge in [0.15, 0.2) is 0 Å². The number of pyridine rings is 1. The lowest BCUT2D eigenvalue weighted by atomic mass is 10.2. The van der Waals surface area contributed by atoms with Crippen LogP contribution in [0.2, 0.25) is 0 Å². The van der Waals surface area contributed by atoms with Crippen molar-refractivity contribution >= 4 is 11.6 Å². The van der Waals surface area contributed by atoms with E-state index < -0.39 is 4.92 Å². The van der Waals surface area contributed by atoms with Crippen molar-refractivity contribution in [3.8, 4) is 0 Å². The number of hydrogen-bond acceptors (Lipinski definition) is 4. The maximum atomic E-state index is 11.7. The number of carbonyl (C=O) groups excluding carboxylic acids is 1. The Morgan fingerprint density at radius 3 is 2.82 bits per heavy atom. The molecule has 6 heteroatoms. The van der Waals surface area contributed by atoms with Gasteiger partial charge in [-0.1, -0.05) is 13.3 Å². The van der Waals surface area contributed by atoms with Crippen molar-refractivity contribution in [2.75, 3.05) is 6.54 Å². The molecule has 1 aromatic heterocycles. The Hall–Kier alpha value is -1.98. The fourth-order valence-corrected chi connectivity index (χ4v) is 1.36. The molecule has 0 aromatic carbocycles. The van der Waals surface area contributed by atoms with Gasteiger partial charge in [0.05, 0.1) is 4.92 Å². The van der Waals surface area contributed by atoms with Gasteiger partial charge in [-0.3, -0.25) is 14.9 Å². The van der Waals surface area contributed by atoms with Gasteiger partial charge < -0.3 is 5.32 Å². The van der Waals surface area contributed by atoms with Crippen LogP contribution in [-0.2, 0) is 0 Å². The van der Waals surface area contributed by atoms with Gasteiger partial charge in [-0.15, -0.1) is 0 Å². The van der Waals surface area contributed by atoms with E-state index >= 15 is 0 Å². The van der Waals surface area contributed by atoms with Crippen molar-refractivity contribution in [3.63, 3.8) is 0 Å². The van der Waals surface area contributed by atoms with E-state index in [0.29, 0.717) is 12.1 Å². The molecule has 1 aromatic rings. The monoisotopic (exact) mass is 237 g/mol. The van der Waals surface area contributed by atoms with Crippen LogP contribution in [0.3, 0.4) is 0 Å². The van der Waals surface area contributed by atoms with Gasteiger partial charge in [-0.25, -0.2) is 4.98 Å². The van der Waals surface area contributed by atoms with E-state index in [0.717, 1.165) is 19.0 Å². The van der Waals surface area contributed by atoms with Crippen molar-refractivity contribution in [1.29, 1.82) is 0 Å². The average molecular weight is 237 g/mol. The van der Waals surface area contributed by atoms with Gasteiger partial charge in [0.25, 0.3) is 11.6 Å². The number of rotatable bonds is 5. The zero-order chi connectivity index (χ0) is 12.8. The highest BCUT2D eigenvalue weighted by Crippen LogP contribution is 2.14. The second-order valence-electron chi connectivity index (χ2n) is 3.73. The van der Waals surface area contributed by atoms with Crippen LogP contribution >= 0.6 is 0 Å². The van der Waals surface area contributed by atoms with Crippen LogP contribution in [-0.4, -0.2) is 22.4 Å². The predicted octanol–water partition coefficient (Wildman–Crippen LogP) is 1.83. The minimum Gasteiger partial charge on any atom is -0.351 e. The molecular formula is C11H15N3O3. The maximum absolute atomic E-state index is 11.7. The molecule has 0 aliphatic heterocycles. The summed E-state index contributed by atoms with van der Waals surface area (Å²) in [6.45, 7) is 4.25. The van der Waals surface area contributed by atoms with Crippen molar-refractivity contribution in [2.45, 2.75) is 26.7 Å². The second-order valence-corrected chi connectivity index (χ2v) is 3.73. The third-order valence-corrected chi connectivity index (χ3v) is 2.31. The zero-order valence-electron chi connectivity index (χ0n) is 9.90. The standard InChI is InChI=1S/C11H15N3O3/c1-3-4-5-12-11(15)10-8(2)6-9(7-13-10)14(16)17/h6-7H,3-5H2,1-2H3,(H,12,15). The highest BCUT2D eigenvalue weighted by atomic mass is 16.6. The smallest absolute Gasteiger partial charge is 0.287 e. The van der Waals surface area contributed by atoms with E-state index in [9.17, 15) is 14.9 Å². The highest BCUT2D eigenvalue weighted by Gasteiger charge is 2.14. The molecule has 0 bridgehead atoms. The molecule has 0 spiro atoms. The van der Waals surface area contributed by atoms with Crippen LogP contribution in [0.5, 0.6) is 0 Å². The number of nitrogens with zero attached hydrogens (tertiary/aromatic N) is 2. The van der Waals surface area contributed by atoms with Crippen LogP contribution in [0.4, 0.5) is 5.69 Å². The first-order valence-corrected chi connectivity index (χ1v) is 5.45. The fourth-order valence-electron chi connectivity index (χ4n) is 1.36. The summed E-state index contributed by atoms with van der Waals surface area (Å²) in [6.07, 6.45) is 2.99. The van der Waals surface area contributed by atoms with Gasteiger partial charge in [0.1, 0.15) is 11.9 Å². The summed E-state index contributed by atoms with van der Waals surface area (Å²) in [4.78, 5) is 25.5. The molecule has 0 saturated heterocycles. The minimum atomic E-state index is -0.529. The van der Waals surface area contributed by atoms with Crippen LogP contribution in [0.25, 0.3) is 0 Å². The van der Waals surface area contributed by atoms with Crippen molar-refractivity contribution in [2.24, 2.45) is 0 Å². The number of amides is 1. The number of carbonyl (C=O) groups is 1. The molecule has 0 radical (unpaired) electrons. The van der Waals surface area contributed by atoms with Gasteiger partial charge in [-0.2, -0.15) is 0 Å². The van der Waals surface area contributed by atoms with E-state index in [1.54, 1.807) is 6.92 Å². The number of nitrogens with one attached hydrogen (secondary N) is 1. The maximum Gasteiger partial charge on any atom is 0.287 e. The highest BCUT2D eigenvalue weighted by molar-refractivity contribution is 5.93. The normalized spacial score (nSPS) is 10.0. The Balaban J connectivity index is 2.78. The van der Waals surface area contributed by atoms with E-state index in [2.05, 4.69) is 10.3 Å². The predicted molar refractivity (Wildman–Crippen MR) is 62.9 cm³/mol. The van der Waals surface area contributed by atoms with E-state index in [1.165, 1.54) is 6.07 Å². The molecular weight excluding hydrogens is 222 g/mol. The van der Waals surface area contributed by atoms with Gasteiger partial charge >= 0.3 is 0 Å². The van der Waals surface area contributed by atoms with E-state index in [1.807, 2.05) is 6.92 Å². The first kappa shape index (κ1) is 13.1. The first-order valence-electron chi connectivity index (χ1n) is 5.45. The SMILES string of the molecule is CCCCNC(=O)c1ncc([N+](=O)[O-])cc1C. The lowest BCUT2D eigenvalue weighted by Gasteiger charge is -2.05. The van der Waals surface area contributed by atoms with E-state index in [4.69, 9.17) is 0 Å². The summed E-state index contributed by atoms with van der Waals surface area (Å²) in [6, 6.07) is 1.35. The van der Waals surface area contributed by atoms with Crippen LogP contribution in [0.1, 0.15) is 35.8 Å². The van der Waals surface area contributed by atoms with Crippen LogP contribution < -0.4 is 5.32 Å². The lowest BCUT2D eigenvalue weighted by Crippen LogP contribution is -2.26. The average Bonchev–Trinajstić information content (AvgIpc) is 2.28. The van der Waals surface area contributed by atoms with Crippen LogP contribution in [0, 0.1) is 17.0 Å². The van der Waals surface area contributed by atoms with Crippen molar-refractivity contribution in [1.82, 2.24) is 10.3 Å². The number of aryl methyl sites for hydroxylation is 1. The molecule has 0 saturated carbocycles. The summed E-state index contributed by atoms with van der Waals surface area (Å²) >= 11 is 0. The first-order chi connectivity index (χ1) is 8.06. The number of aromatic nitrogens is 1. The quantitative estimate of drug-likeness (QED) is 0.481. The molecule has 1 N–H and O–H groups in total. The molecule has 1 amide bonds. The third-order valence-electron chi connectivity index (χ3n) is 2.31. The summed E-state index contributed by atoms with van der Waals surface area (Å²) < 4.78 is 0. The Bertz CT molecular complexity index is 432. The summed E-state index contributed by atoms with van der Waals surface area (Å²) in [5.74, 6) is -0.286. The molecule has 0 fully saturated rings. The molecule has 0 aliphatic rings. The van der Waals surface area contributed by atoms with Crippen molar-refractivity contribution in [3.05, 3.63) is 33.6 Å².